The van der Waals surface area contributed by atoms with Crippen molar-refractivity contribution in [2.45, 2.75) is 49.1 Å². The number of phosphoric ester groups is 2. The van der Waals surface area contributed by atoms with Crippen molar-refractivity contribution in [3.8, 4) is 0 Å². The first-order valence-electron chi connectivity index (χ1n) is 14.3. The van der Waals surface area contributed by atoms with Crippen molar-refractivity contribution < 1.29 is 89.7 Å². The van der Waals surface area contributed by atoms with E-state index in [0.29, 0.717) is 0 Å². The topological polar surface area (TPSA) is 428 Å². The van der Waals surface area contributed by atoms with Gasteiger partial charge in [-0.25, -0.2) is 43.2 Å². The molecule has 2 aliphatic heterocycles. The lowest BCUT2D eigenvalue weighted by Gasteiger charge is -2.25. The number of rotatable bonds is 14. The number of nitrogens with two attached hydrogens (primary N) is 1. The summed E-state index contributed by atoms with van der Waals surface area (Å²) in [6.45, 7) is -2.15. The first-order chi connectivity index (χ1) is 24.7. The lowest BCUT2D eigenvalue weighted by atomic mass is 10.1. The van der Waals surface area contributed by atoms with Crippen LogP contribution in [0.4, 0.5) is 5.82 Å². The van der Waals surface area contributed by atoms with Gasteiger partial charge in [0, 0.05) is 0 Å². The van der Waals surface area contributed by atoms with Crippen LogP contribution >= 0.6 is 31.3 Å². The first-order valence-corrected chi connectivity index (χ1v) is 20.3. The van der Waals surface area contributed by atoms with Gasteiger partial charge in [-0.15, -0.1) is 0 Å². The van der Waals surface area contributed by atoms with E-state index in [1.54, 1.807) is 0 Å². The number of aromatic amines is 1. The Morgan fingerprint density at radius 1 is 0.736 bits per heavy atom. The predicted octanol–water partition coefficient (Wildman–Crippen LogP) is -2.74. The number of nitrogen functional groups attached to an aromatic ring is 1. The molecule has 11 atom stereocenters. The van der Waals surface area contributed by atoms with Crippen LogP contribution in [0, 0.1) is 0 Å². The van der Waals surface area contributed by atoms with Gasteiger partial charge in [0.1, 0.15) is 48.5 Å². The van der Waals surface area contributed by atoms with Crippen molar-refractivity contribution in [2.75, 3.05) is 18.9 Å². The Hall–Kier alpha value is -2.98. The second kappa shape index (κ2) is 14.6. The van der Waals surface area contributed by atoms with Crippen LogP contribution in [0.3, 0.4) is 0 Å². The minimum Gasteiger partial charge on any atom is -0.387 e. The highest BCUT2D eigenvalue weighted by Crippen LogP contribution is 2.66. The van der Waals surface area contributed by atoms with E-state index in [-0.39, 0.29) is 28.1 Å². The molecule has 292 valence electrons. The van der Waals surface area contributed by atoms with Crippen molar-refractivity contribution in [1.82, 2.24) is 39.0 Å². The number of hydrogen-bond acceptors (Lipinski definition) is 21. The second-order valence-electron chi connectivity index (χ2n) is 11.0. The van der Waals surface area contributed by atoms with Gasteiger partial charge in [0.2, 0.25) is 0 Å². The van der Waals surface area contributed by atoms with Gasteiger partial charge in [-0.3, -0.25) is 27.5 Å². The molecule has 4 aromatic heterocycles. The number of nitrogens with one attached hydrogen (secondary N) is 1. The molecule has 0 spiro atoms. The minimum atomic E-state index is -5.92. The van der Waals surface area contributed by atoms with E-state index < -0.39 is 99.1 Å². The highest BCUT2D eigenvalue weighted by molar-refractivity contribution is 7.66. The van der Waals surface area contributed by atoms with Crippen LogP contribution in [0.1, 0.15) is 12.5 Å². The molecule has 4 aromatic rings. The summed E-state index contributed by atoms with van der Waals surface area (Å²) >= 11 is 0. The highest BCUT2D eigenvalue weighted by Gasteiger charge is 2.52. The molecule has 0 saturated carbocycles. The van der Waals surface area contributed by atoms with E-state index in [0.717, 1.165) is 23.5 Å². The maximum Gasteiger partial charge on any atom is 0.490 e. The molecule has 6 rings (SSSR count). The van der Waals surface area contributed by atoms with Gasteiger partial charge in [0.25, 0.3) is 5.56 Å². The van der Waals surface area contributed by atoms with Crippen LogP contribution in [0.25, 0.3) is 22.3 Å². The Morgan fingerprint density at radius 3 is 2.00 bits per heavy atom. The van der Waals surface area contributed by atoms with Crippen LogP contribution < -0.4 is 11.3 Å². The largest absolute Gasteiger partial charge is 0.490 e. The molecule has 0 amide bonds. The average Bonchev–Trinajstić information content (AvgIpc) is 3.80. The number of fused-ring (bicyclic) bond motifs is 2. The lowest BCUT2D eigenvalue weighted by molar-refractivity contribution is -0.0613. The normalized spacial score (nSPS) is 30.0. The van der Waals surface area contributed by atoms with Gasteiger partial charge in [-0.2, -0.15) is 8.62 Å². The van der Waals surface area contributed by atoms with Crippen LogP contribution in [0.2, 0.25) is 0 Å². The number of aromatic nitrogens is 8. The third-order valence-electron chi connectivity index (χ3n) is 7.43. The summed E-state index contributed by atoms with van der Waals surface area (Å²) in [5, 5.41) is 32.4. The van der Waals surface area contributed by atoms with E-state index in [9.17, 15) is 53.1 Å². The average molecular weight is 837 g/mol. The Balaban J connectivity index is 1.18. The summed E-state index contributed by atoms with van der Waals surface area (Å²) in [6, 6.07) is 0. The number of ether oxygens (including phenoxy) is 2. The summed E-state index contributed by atoms with van der Waals surface area (Å²) in [6.07, 6.45) is -9.67. The molecule has 11 N–H and O–H groups in total. The number of aliphatic hydroxyl groups excluding tert-OH is 3. The van der Waals surface area contributed by atoms with Gasteiger partial charge < -0.3 is 60.0 Å². The molecule has 2 fully saturated rings. The van der Waals surface area contributed by atoms with Crippen LogP contribution in [0.15, 0.2) is 30.1 Å². The molecule has 0 aliphatic carbocycles. The van der Waals surface area contributed by atoms with E-state index in [4.69, 9.17) is 34.0 Å². The maximum absolute atomic E-state index is 13.2. The Bertz CT molecular complexity index is 2250. The quantitative estimate of drug-likeness (QED) is 0.0576. The third-order valence-corrected chi connectivity index (χ3v) is 12.2. The van der Waals surface area contributed by atoms with Crippen LogP contribution in [-0.4, -0.2) is 129 Å². The van der Waals surface area contributed by atoms with Crippen molar-refractivity contribution in [3.63, 3.8) is 0 Å². The number of phosphoric acid groups is 4. The van der Waals surface area contributed by atoms with Gasteiger partial charge >= 0.3 is 31.3 Å². The molecule has 0 aromatic carbocycles. The van der Waals surface area contributed by atoms with Gasteiger partial charge in [0.15, 0.2) is 35.1 Å². The van der Waals surface area contributed by atoms with E-state index in [1.165, 1.54) is 10.9 Å². The van der Waals surface area contributed by atoms with Crippen LogP contribution in [0.5, 0.6) is 0 Å². The number of nitrogens with zero attached hydrogens (tertiary/aromatic N) is 7. The molecule has 3 unspecified atom stereocenters. The number of imidazole rings is 2. The zero-order valence-electron chi connectivity index (χ0n) is 25.8. The molecule has 33 heteroatoms. The van der Waals surface area contributed by atoms with Crippen molar-refractivity contribution in [1.29, 1.82) is 0 Å². The number of aliphatic hydroxyl groups is 3. The molecular formula is C20H27N9O20P4. The van der Waals surface area contributed by atoms with E-state index in [1.807, 2.05) is 0 Å². The van der Waals surface area contributed by atoms with Gasteiger partial charge in [0.05, 0.1) is 32.2 Å². The Morgan fingerprint density at radius 2 is 1.32 bits per heavy atom. The van der Waals surface area contributed by atoms with Gasteiger partial charge in [-0.05, 0) is 0 Å². The van der Waals surface area contributed by atoms with Crippen molar-refractivity contribution in [2.24, 2.45) is 0 Å². The Labute approximate surface area is 291 Å². The smallest absolute Gasteiger partial charge is 0.387 e. The molecule has 0 bridgehead atoms. The van der Waals surface area contributed by atoms with Crippen molar-refractivity contribution >= 4 is 59.4 Å². The molecule has 6 heterocycles. The predicted molar refractivity (Wildman–Crippen MR) is 164 cm³/mol. The van der Waals surface area contributed by atoms with Crippen LogP contribution in [-0.2, 0) is 49.9 Å². The molecular weight excluding hydrogens is 810 g/mol. The number of anilines is 1. The first kappa shape index (κ1) is 39.7. The SMILES string of the molecule is Nc1ncnc2c1ncn2[C@@H]1O[C@H](COP(=O)(O)O[C@@H]2[C@H](O)[C@@H](COP(=O)(O)OP(=O)(O)OP(=O)(O)O)O[C@H]2n2cnc3c(=O)[nH]cnc32)[C@@H](O)[C@H]1O. The second-order valence-corrected chi connectivity index (χ2v) is 16.8. The fourth-order valence-corrected chi connectivity index (χ4v) is 9.18. The summed E-state index contributed by atoms with van der Waals surface area (Å²) in [5.41, 5.74) is 4.83. The molecule has 2 saturated heterocycles. The molecule has 29 nitrogen and oxygen atoms in total. The third kappa shape index (κ3) is 8.64. The zero-order chi connectivity index (χ0) is 38.7. The maximum atomic E-state index is 13.2. The summed E-state index contributed by atoms with van der Waals surface area (Å²) in [5.74, 6) is 0.0129. The zero-order valence-corrected chi connectivity index (χ0v) is 29.4. The fraction of sp³-hybridized carbons (Fsp3) is 0.500. The highest BCUT2D eigenvalue weighted by atomic mass is 31.3. The monoisotopic (exact) mass is 837 g/mol. The minimum absolute atomic E-state index is 0.0129. The van der Waals surface area contributed by atoms with Gasteiger partial charge in [-0.1, -0.05) is 0 Å². The van der Waals surface area contributed by atoms with Crippen molar-refractivity contribution in [3.05, 3.63) is 35.7 Å². The standard InChI is InChI=1S/C20H27N9O20P4/c21-15-9-16(23-3-22-15)28(5-26-9)19-13(32)11(30)7(45-19)1-43-51(37,38)47-14-12(31)8(2-44-52(39,40)49-53(41,42)48-50(34,35)36)46-20(14)29-6-27-10-17(29)24-4-25-18(10)33/h3-8,11-14,19-20,30-32H,1-2H2,(H,37,38)(H,39,40)(H,41,42)(H2,21,22,23)(H,24,25,33)(H2,34,35,36)/t7-,8-,11-,12-,13-,14-,19-,20-/m1/s1. The molecule has 53 heavy (non-hydrogen) atoms. The number of H-pyrrole nitrogens is 1. The Kier molecular flexibility index (Phi) is 10.9. The molecule has 2 aliphatic rings. The molecule has 0 radical (unpaired) electrons. The summed E-state index contributed by atoms with van der Waals surface area (Å²) in [4.78, 5) is 81.6. The van der Waals surface area contributed by atoms with E-state index in [2.05, 4.69) is 43.0 Å². The summed E-state index contributed by atoms with van der Waals surface area (Å²) in [7, 11) is -22.7. The van der Waals surface area contributed by atoms with E-state index >= 15 is 0 Å². The number of hydrogen-bond donors (Lipinski definition) is 10. The fourth-order valence-electron chi connectivity index (χ4n) is 5.22. The lowest BCUT2D eigenvalue weighted by Crippen LogP contribution is -2.36. The summed E-state index contributed by atoms with van der Waals surface area (Å²) < 4.78 is 83.6.